The summed E-state index contributed by atoms with van der Waals surface area (Å²) in [6.45, 7) is 0. The molecule has 2 rings (SSSR count). The lowest BCUT2D eigenvalue weighted by atomic mass is 10.1. The van der Waals surface area contributed by atoms with Crippen molar-refractivity contribution in [3.63, 3.8) is 0 Å². The smallest absolute Gasteiger partial charge is 0.340 e. The maximum Gasteiger partial charge on any atom is 0.340 e. The van der Waals surface area contributed by atoms with Crippen molar-refractivity contribution in [3.05, 3.63) is 23.3 Å². The van der Waals surface area contributed by atoms with Crippen molar-refractivity contribution in [2.45, 2.75) is 6.42 Å². The molecule has 0 unspecified atom stereocenters. The Hall–Kier alpha value is -2.62. The van der Waals surface area contributed by atoms with E-state index in [1.165, 1.54) is 26.4 Å². The maximum atomic E-state index is 11.9. The van der Waals surface area contributed by atoms with Crippen LogP contribution in [0, 0.1) is 5.92 Å². The van der Waals surface area contributed by atoms with Gasteiger partial charge in [0.2, 0.25) is 5.91 Å². The zero-order valence-electron chi connectivity index (χ0n) is 13.7. The molecule has 0 saturated carbocycles. The number of carbonyl (C=O) groups excluding carboxylic acids is 1. The molecule has 0 radical (unpaired) electrons. The molecule has 1 fully saturated rings. The van der Waals surface area contributed by atoms with Crippen LogP contribution in [0.15, 0.2) is 17.2 Å². The summed E-state index contributed by atoms with van der Waals surface area (Å²) in [6, 6.07) is 2.97. The first kappa shape index (κ1) is 18.7. The first-order valence-corrected chi connectivity index (χ1v) is 9.12. The van der Waals surface area contributed by atoms with E-state index in [9.17, 15) is 23.1 Å². The highest BCUT2D eigenvalue weighted by molar-refractivity contribution is 7.91. The Labute approximate surface area is 144 Å². The third-order valence-electron chi connectivity index (χ3n) is 3.77. The topological polar surface area (TPSA) is 131 Å². The van der Waals surface area contributed by atoms with E-state index < -0.39 is 27.6 Å². The van der Waals surface area contributed by atoms with Crippen molar-refractivity contribution in [1.29, 1.82) is 0 Å². The van der Waals surface area contributed by atoms with E-state index in [0.717, 1.165) is 6.21 Å². The molecule has 1 aromatic carbocycles. The maximum absolute atomic E-state index is 11.9. The predicted octanol–water partition coefficient (Wildman–Crippen LogP) is 0.287. The van der Waals surface area contributed by atoms with Gasteiger partial charge in [-0.15, -0.1) is 0 Å². The number of amides is 1. The number of benzene rings is 1. The van der Waals surface area contributed by atoms with E-state index >= 15 is 0 Å². The molecule has 1 atom stereocenters. The fourth-order valence-electron chi connectivity index (χ4n) is 2.53. The van der Waals surface area contributed by atoms with Gasteiger partial charge in [0.15, 0.2) is 21.3 Å². The lowest BCUT2D eigenvalue weighted by Crippen LogP contribution is -2.27. The van der Waals surface area contributed by atoms with Gasteiger partial charge in [-0.25, -0.2) is 18.6 Å². The highest BCUT2D eigenvalue weighted by Gasteiger charge is 2.32. The van der Waals surface area contributed by atoms with Crippen LogP contribution >= 0.6 is 0 Å². The van der Waals surface area contributed by atoms with Crippen molar-refractivity contribution >= 4 is 27.9 Å². The second-order valence-corrected chi connectivity index (χ2v) is 7.63. The van der Waals surface area contributed by atoms with Crippen LogP contribution in [-0.2, 0) is 14.6 Å². The van der Waals surface area contributed by atoms with E-state index in [1.807, 2.05) is 0 Å². The quantitative estimate of drug-likeness (QED) is 0.543. The number of aromatic carboxylic acids is 1. The van der Waals surface area contributed by atoms with Gasteiger partial charge < -0.3 is 14.6 Å². The first-order valence-electron chi connectivity index (χ1n) is 7.30. The summed E-state index contributed by atoms with van der Waals surface area (Å²) in [4.78, 5) is 23.4. The molecule has 2 N–H and O–H groups in total. The number of hydrogen-bond acceptors (Lipinski definition) is 7. The molecule has 0 spiro atoms. The number of sulfone groups is 1. The number of carboxylic acids is 1. The molecule has 1 aromatic rings. The number of nitrogens with one attached hydrogen (secondary N) is 1. The Morgan fingerprint density at radius 1 is 1.32 bits per heavy atom. The van der Waals surface area contributed by atoms with Gasteiger partial charge in [0.25, 0.3) is 0 Å². The van der Waals surface area contributed by atoms with Gasteiger partial charge in [-0.2, -0.15) is 5.10 Å². The van der Waals surface area contributed by atoms with E-state index in [4.69, 9.17) is 9.47 Å². The average Bonchev–Trinajstić information content (AvgIpc) is 2.93. The first-order chi connectivity index (χ1) is 11.8. The molecule has 1 heterocycles. The molecule has 1 aliphatic heterocycles. The van der Waals surface area contributed by atoms with Crippen LogP contribution in [0.3, 0.4) is 0 Å². The molecule has 25 heavy (non-hydrogen) atoms. The highest BCUT2D eigenvalue weighted by Crippen LogP contribution is 2.32. The van der Waals surface area contributed by atoms with Crippen LogP contribution in [0.4, 0.5) is 0 Å². The minimum absolute atomic E-state index is 0.0202. The van der Waals surface area contributed by atoms with Crippen molar-refractivity contribution in [2.75, 3.05) is 25.7 Å². The monoisotopic (exact) mass is 370 g/mol. The summed E-state index contributed by atoms with van der Waals surface area (Å²) in [5.41, 5.74) is 2.28. The van der Waals surface area contributed by atoms with Crippen molar-refractivity contribution in [2.24, 2.45) is 11.0 Å². The number of methoxy groups -OCH3 is 2. The lowest BCUT2D eigenvalue weighted by Gasteiger charge is -2.12. The Morgan fingerprint density at radius 2 is 2.04 bits per heavy atom. The minimum atomic E-state index is -3.17. The number of hydrazone groups is 1. The largest absolute Gasteiger partial charge is 0.493 e. The van der Waals surface area contributed by atoms with Crippen LogP contribution in [0.1, 0.15) is 22.3 Å². The van der Waals surface area contributed by atoms with Gasteiger partial charge >= 0.3 is 5.97 Å². The summed E-state index contributed by atoms with van der Waals surface area (Å²) in [5.74, 6) is -2.35. The molecule has 1 amide bonds. The number of carbonyl (C=O) groups is 2. The number of nitrogens with zero attached hydrogens (tertiary/aromatic N) is 1. The van der Waals surface area contributed by atoms with E-state index in [2.05, 4.69) is 10.5 Å². The Morgan fingerprint density at radius 3 is 2.56 bits per heavy atom. The number of ether oxygens (including phenoxy) is 2. The molecule has 1 saturated heterocycles. The van der Waals surface area contributed by atoms with Gasteiger partial charge in [0.1, 0.15) is 5.56 Å². The number of hydrogen-bond donors (Lipinski definition) is 2. The van der Waals surface area contributed by atoms with Crippen LogP contribution in [0.5, 0.6) is 11.5 Å². The Balaban J connectivity index is 2.18. The molecule has 0 aromatic heterocycles. The summed E-state index contributed by atoms with van der Waals surface area (Å²) in [5, 5.41) is 13.1. The van der Waals surface area contributed by atoms with Crippen molar-refractivity contribution < 1.29 is 32.6 Å². The number of rotatable bonds is 6. The summed E-state index contributed by atoms with van der Waals surface area (Å²) in [6.07, 6.45) is 1.41. The lowest BCUT2D eigenvalue weighted by molar-refractivity contribution is -0.124. The van der Waals surface area contributed by atoms with E-state index in [1.54, 1.807) is 0 Å². The Kier molecular flexibility index (Phi) is 5.62. The fourth-order valence-corrected chi connectivity index (χ4v) is 4.27. The molecule has 9 nitrogen and oxygen atoms in total. The zero-order valence-corrected chi connectivity index (χ0v) is 14.5. The molecule has 0 aliphatic carbocycles. The van der Waals surface area contributed by atoms with Crippen molar-refractivity contribution in [1.82, 2.24) is 5.43 Å². The van der Waals surface area contributed by atoms with Gasteiger partial charge in [0, 0.05) is 5.56 Å². The van der Waals surface area contributed by atoms with E-state index in [-0.39, 0.29) is 40.6 Å². The van der Waals surface area contributed by atoms with Gasteiger partial charge in [-0.05, 0) is 18.6 Å². The SMILES string of the molecule is COc1ccc(/C=N\NC(=O)[C@H]2CCS(=O)(=O)C2)c(C(=O)O)c1OC. The molecular formula is C15H18N2O7S. The highest BCUT2D eigenvalue weighted by atomic mass is 32.2. The van der Waals surface area contributed by atoms with Crippen LogP contribution in [0.25, 0.3) is 0 Å². The summed E-state index contributed by atoms with van der Waals surface area (Å²) < 4.78 is 32.9. The van der Waals surface area contributed by atoms with Gasteiger partial charge in [-0.1, -0.05) is 0 Å². The molecule has 0 bridgehead atoms. The van der Waals surface area contributed by atoms with Gasteiger partial charge in [0.05, 0.1) is 37.9 Å². The average molecular weight is 370 g/mol. The third kappa shape index (κ3) is 4.27. The summed E-state index contributed by atoms with van der Waals surface area (Å²) in [7, 11) is -0.478. The Bertz CT molecular complexity index is 817. The molecular weight excluding hydrogens is 352 g/mol. The zero-order chi connectivity index (χ0) is 18.6. The van der Waals surface area contributed by atoms with Crippen LogP contribution in [-0.4, -0.2) is 57.3 Å². The van der Waals surface area contributed by atoms with E-state index in [0.29, 0.717) is 0 Å². The van der Waals surface area contributed by atoms with Crippen LogP contribution in [0.2, 0.25) is 0 Å². The van der Waals surface area contributed by atoms with Gasteiger partial charge in [-0.3, -0.25) is 4.79 Å². The van der Waals surface area contributed by atoms with Crippen LogP contribution < -0.4 is 14.9 Å². The molecule has 1 aliphatic rings. The van der Waals surface area contributed by atoms with Crippen molar-refractivity contribution in [3.8, 4) is 11.5 Å². The number of carboxylic acid groups (broad SMARTS) is 1. The molecule has 136 valence electrons. The minimum Gasteiger partial charge on any atom is -0.493 e. The second-order valence-electron chi connectivity index (χ2n) is 5.40. The fraction of sp³-hybridized carbons (Fsp3) is 0.400. The predicted molar refractivity (Wildman–Crippen MR) is 89.0 cm³/mol. The summed E-state index contributed by atoms with van der Waals surface area (Å²) >= 11 is 0. The normalized spacial score (nSPS) is 18.9. The molecule has 10 heteroatoms. The second kappa shape index (κ2) is 7.51. The standard InChI is InChI=1S/C15H18N2O7S/c1-23-11-4-3-9(12(15(19)20)13(11)24-2)7-16-17-14(18)10-5-6-25(21,22)8-10/h3-4,7,10H,5-6,8H2,1-2H3,(H,17,18)(H,19,20)/b16-7-/t10-/m0/s1. The third-order valence-corrected chi connectivity index (χ3v) is 5.54.